The van der Waals surface area contributed by atoms with Gasteiger partial charge in [-0.2, -0.15) is 0 Å². The summed E-state index contributed by atoms with van der Waals surface area (Å²) in [5.41, 5.74) is 2.45. The Morgan fingerprint density at radius 1 is 1.53 bits per heavy atom. The molecule has 1 aromatic rings. The normalized spacial score (nSPS) is 9.80. The van der Waals surface area contributed by atoms with Gasteiger partial charge in [-0.15, -0.1) is 0 Å². The summed E-state index contributed by atoms with van der Waals surface area (Å²) in [7, 11) is 0. The Kier molecular flexibility index (Phi) is 3.92. The van der Waals surface area contributed by atoms with Crippen molar-refractivity contribution < 1.29 is 4.79 Å². The number of benzene rings is 1. The largest absolute Gasteiger partial charge is 0.348 e. The van der Waals surface area contributed by atoms with E-state index in [-0.39, 0.29) is 5.91 Å². The molecule has 0 aliphatic heterocycles. The maximum Gasteiger partial charge on any atom is 0.253 e. The van der Waals surface area contributed by atoms with Crippen LogP contribution in [0.1, 0.15) is 22.8 Å². The van der Waals surface area contributed by atoms with Crippen LogP contribution in [-0.4, -0.2) is 12.5 Å². The van der Waals surface area contributed by atoms with Crippen LogP contribution in [0, 0.1) is 6.92 Å². The summed E-state index contributed by atoms with van der Waals surface area (Å²) in [5, 5.41) is 3.22. The molecule has 0 spiro atoms. The maximum absolute atomic E-state index is 11.6. The lowest BCUT2D eigenvalue weighted by Crippen LogP contribution is -2.25. The van der Waals surface area contributed by atoms with E-state index in [2.05, 4.69) is 11.9 Å². The van der Waals surface area contributed by atoms with Crippen molar-refractivity contribution in [2.45, 2.75) is 13.8 Å². The smallest absolute Gasteiger partial charge is 0.253 e. The minimum absolute atomic E-state index is 0.164. The topological polar surface area (TPSA) is 29.1 Å². The molecule has 15 heavy (non-hydrogen) atoms. The lowest BCUT2D eigenvalue weighted by Gasteiger charge is -2.06. The molecule has 2 nitrogen and oxygen atoms in total. The Bertz CT molecular complexity index is 399. The van der Waals surface area contributed by atoms with Gasteiger partial charge in [0.05, 0.1) is 10.6 Å². The second-order valence-electron chi connectivity index (χ2n) is 3.62. The zero-order chi connectivity index (χ0) is 11.4. The number of aryl methyl sites for hydroxylation is 1. The van der Waals surface area contributed by atoms with Gasteiger partial charge >= 0.3 is 0 Å². The van der Waals surface area contributed by atoms with E-state index in [0.717, 1.165) is 11.1 Å². The molecule has 1 aromatic carbocycles. The predicted octanol–water partition coefficient (Wildman–Crippen LogP) is 2.95. The van der Waals surface area contributed by atoms with Crippen LogP contribution >= 0.6 is 11.6 Å². The third-order valence-electron chi connectivity index (χ3n) is 1.92. The van der Waals surface area contributed by atoms with E-state index in [9.17, 15) is 4.79 Å². The number of carbonyl (C=O) groups excluding carboxylic acids is 1. The summed E-state index contributed by atoms with van der Waals surface area (Å²) in [6.07, 6.45) is 0. The summed E-state index contributed by atoms with van der Waals surface area (Å²) in [6.45, 7) is 7.97. The van der Waals surface area contributed by atoms with Crippen LogP contribution in [0.5, 0.6) is 0 Å². The van der Waals surface area contributed by atoms with Gasteiger partial charge in [0.15, 0.2) is 0 Å². The molecule has 0 bridgehead atoms. The van der Waals surface area contributed by atoms with Crippen LogP contribution in [0.15, 0.2) is 30.4 Å². The molecule has 1 amide bonds. The van der Waals surface area contributed by atoms with Gasteiger partial charge in [-0.05, 0) is 31.5 Å². The molecular weight excluding hydrogens is 210 g/mol. The first-order chi connectivity index (χ1) is 7.00. The third-order valence-corrected chi connectivity index (χ3v) is 2.23. The Hall–Kier alpha value is -1.28. The molecule has 0 aromatic heterocycles. The van der Waals surface area contributed by atoms with Crippen molar-refractivity contribution in [1.29, 1.82) is 0 Å². The molecule has 1 rings (SSSR count). The summed E-state index contributed by atoms with van der Waals surface area (Å²) < 4.78 is 0. The number of halogens is 1. The van der Waals surface area contributed by atoms with Crippen LogP contribution in [-0.2, 0) is 0 Å². The molecule has 80 valence electrons. The first-order valence-corrected chi connectivity index (χ1v) is 5.07. The number of rotatable bonds is 3. The van der Waals surface area contributed by atoms with Gasteiger partial charge in [0.2, 0.25) is 0 Å². The van der Waals surface area contributed by atoms with Gasteiger partial charge in [-0.1, -0.05) is 29.8 Å². The molecule has 3 heteroatoms. The van der Waals surface area contributed by atoms with Crippen molar-refractivity contribution in [2.24, 2.45) is 0 Å². The molecule has 0 aliphatic rings. The average molecular weight is 224 g/mol. The van der Waals surface area contributed by atoms with E-state index in [1.165, 1.54) is 0 Å². The monoisotopic (exact) mass is 223 g/mol. The molecule has 0 heterocycles. The molecule has 0 fully saturated rings. The fourth-order valence-corrected chi connectivity index (χ4v) is 1.45. The molecular formula is C12H14ClNO. The van der Waals surface area contributed by atoms with E-state index < -0.39 is 0 Å². The standard InChI is InChI=1S/C12H14ClNO/c1-8(2)7-14-12(15)10-5-4-9(3)6-11(10)13/h4-6H,1,7H2,2-3H3,(H,14,15). The molecule has 0 aliphatic carbocycles. The number of carbonyl (C=O) groups is 1. The fourth-order valence-electron chi connectivity index (χ4n) is 1.13. The van der Waals surface area contributed by atoms with Crippen molar-refractivity contribution in [3.8, 4) is 0 Å². The van der Waals surface area contributed by atoms with Crippen molar-refractivity contribution in [3.63, 3.8) is 0 Å². The van der Waals surface area contributed by atoms with Crippen molar-refractivity contribution in [1.82, 2.24) is 5.32 Å². The molecule has 0 saturated carbocycles. The number of hydrogen-bond donors (Lipinski definition) is 1. The summed E-state index contributed by atoms with van der Waals surface area (Å²) in [4.78, 5) is 11.6. The second-order valence-corrected chi connectivity index (χ2v) is 4.03. The van der Waals surface area contributed by atoms with Gasteiger partial charge in [0, 0.05) is 6.54 Å². The van der Waals surface area contributed by atoms with Crippen molar-refractivity contribution in [2.75, 3.05) is 6.54 Å². The lowest BCUT2D eigenvalue weighted by molar-refractivity contribution is 0.0957. The van der Waals surface area contributed by atoms with Gasteiger partial charge in [-0.3, -0.25) is 4.79 Å². The molecule has 0 unspecified atom stereocenters. The van der Waals surface area contributed by atoms with Crippen LogP contribution in [0.4, 0.5) is 0 Å². The predicted molar refractivity (Wildman–Crippen MR) is 63.3 cm³/mol. The molecule has 1 N–H and O–H groups in total. The van der Waals surface area contributed by atoms with Gasteiger partial charge in [-0.25, -0.2) is 0 Å². The van der Waals surface area contributed by atoms with Crippen LogP contribution in [0.3, 0.4) is 0 Å². The minimum Gasteiger partial charge on any atom is -0.348 e. The van der Waals surface area contributed by atoms with Crippen LogP contribution in [0.25, 0.3) is 0 Å². The van der Waals surface area contributed by atoms with Crippen LogP contribution < -0.4 is 5.32 Å². The Balaban J connectivity index is 2.78. The second kappa shape index (κ2) is 4.99. The third kappa shape index (κ3) is 3.40. The summed E-state index contributed by atoms with van der Waals surface area (Å²) in [5.74, 6) is -0.164. The highest BCUT2D eigenvalue weighted by molar-refractivity contribution is 6.33. The highest BCUT2D eigenvalue weighted by Gasteiger charge is 2.09. The zero-order valence-corrected chi connectivity index (χ0v) is 9.69. The summed E-state index contributed by atoms with van der Waals surface area (Å²) in [6, 6.07) is 5.37. The Morgan fingerprint density at radius 3 is 2.73 bits per heavy atom. The van der Waals surface area contributed by atoms with E-state index in [1.807, 2.05) is 19.9 Å². The van der Waals surface area contributed by atoms with Gasteiger partial charge in [0.1, 0.15) is 0 Å². The number of nitrogens with one attached hydrogen (secondary N) is 1. The van der Waals surface area contributed by atoms with E-state index in [0.29, 0.717) is 17.1 Å². The van der Waals surface area contributed by atoms with Crippen molar-refractivity contribution >= 4 is 17.5 Å². The first-order valence-electron chi connectivity index (χ1n) is 4.69. The Labute approximate surface area is 94.9 Å². The Morgan fingerprint density at radius 2 is 2.20 bits per heavy atom. The molecule has 0 atom stereocenters. The fraction of sp³-hybridized carbons (Fsp3) is 0.250. The SMILES string of the molecule is C=C(C)CNC(=O)c1ccc(C)cc1Cl. The quantitative estimate of drug-likeness (QED) is 0.785. The first kappa shape index (κ1) is 11.8. The molecule has 0 saturated heterocycles. The van der Waals surface area contributed by atoms with E-state index in [1.54, 1.807) is 12.1 Å². The molecule has 0 radical (unpaired) electrons. The van der Waals surface area contributed by atoms with Gasteiger partial charge in [0.25, 0.3) is 5.91 Å². The number of amides is 1. The van der Waals surface area contributed by atoms with Gasteiger partial charge < -0.3 is 5.32 Å². The van der Waals surface area contributed by atoms with Crippen LogP contribution in [0.2, 0.25) is 5.02 Å². The highest BCUT2D eigenvalue weighted by Crippen LogP contribution is 2.17. The zero-order valence-electron chi connectivity index (χ0n) is 8.93. The highest BCUT2D eigenvalue weighted by atomic mass is 35.5. The van der Waals surface area contributed by atoms with E-state index >= 15 is 0 Å². The van der Waals surface area contributed by atoms with E-state index in [4.69, 9.17) is 11.6 Å². The number of hydrogen-bond acceptors (Lipinski definition) is 1. The maximum atomic E-state index is 11.6. The lowest BCUT2D eigenvalue weighted by atomic mass is 10.1. The van der Waals surface area contributed by atoms with Crippen molar-refractivity contribution in [3.05, 3.63) is 46.5 Å². The minimum atomic E-state index is -0.164. The summed E-state index contributed by atoms with van der Waals surface area (Å²) >= 11 is 5.96. The average Bonchev–Trinajstić information content (AvgIpc) is 2.14.